The van der Waals surface area contributed by atoms with Crippen LogP contribution in [0.15, 0.2) is 41.0 Å². The van der Waals surface area contributed by atoms with Gasteiger partial charge in [-0.05, 0) is 24.3 Å². The second kappa shape index (κ2) is 8.75. The van der Waals surface area contributed by atoms with E-state index in [9.17, 15) is 13.9 Å². The third-order valence-corrected chi connectivity index (χ3v) is 4.66. The van der Waals surface area contributed by atoms with Gasteiger partial charge >= 0.3 is 0 Å². The molecule has 26 heavy (non-hydrogen) atoms. The smallest absolute Gasteiger partial charge is 0.190 e. The molecule has 1 N–H and O–H groups in total. The first-order chi connectivity index (χ1) is 12.5. The van der Waals surface area contributed by atoms with Gasteiger partial charge in [-0.15, -0.1) is 0 Å². The number of anilines is 1. The van der Waals surface area contributed by atoms with Crippen molar-refractivity contribution < 1.29 is 18.6 Å². The third-order valence-electron chi connectivity index (χ3n) is 4.20. The number of β-amino-alcohol motifs (C(OH)–C–C–N with tert-alkyl or cyclic N) is 1. The maximum Gasteiger partial charge on any atom is 0.190 e. The lowest BCUT2D eigenvalue weighted by Crippen LogP contribution is -2.49. The van der Waals surface area contributed by atoms with Crippen LogP contribution in [-0.4, -0.2) is 60.4 Å². The van der Waals surface area contributed by atoms with Crippen molar-refractivity contribution in [1.82, 2.24) is 9.88 Å². The molecule has 0 saturated carbocycles. The number of benzene rings is 1. The van der Waals surface area contributed by atoms with Crippen molar-refractivity contribution in [2.45, 2.75) is 6.10 Å². The molecule has 0 aliphatic carbocycles. The molecule has 1 aliphatic heterocycles. The predicted octanol–water partition coefficient (Wildman–Crippen LogP) is 2.68. The average molecular weight is 428 g/mol. The van der Waals surface area contributed by atoms with E-state index in [4.69, 9.17) is 4.74 Å². The summed E-state index contributed by atoms with van der Waals surface area (Å²) in [7, 11) is 0. The molecule has 1 aromatic carbocycles. The first-order valence-electron chi connectivity index (χ1n) is 8.36. The largest absolute Gasteiger partial charge is 0.485 e. The van der Waals surface area contributed by atoms with E-state index in [2.05, 4.69) is 30.7 Å². The number of piperazine rings is 1. The van der Waals surface area contributed by atoms with Gasteiger partial charge in [0, 0.05) is 43.4 Å². The highest BCUT2D eigenvalue weighted by Gasteiger charge is 2.21. The van der Waals surface area contributed by atoms with Crippen molar-refractivity contribution >= 4 is 21.7 Å². The lowest BCUT2D eigenvalue weighted by atomic mass is 10.2. The Balaban J connectivity index is 1.45. The molecule has 0 unspecified atom stereocenters. The number of aliphatic hydroxyl groups excluding tert-OH is 1. The lowest BCUT2D eigenvalue weighted by Gasteiger charge is -2.36. The summed E-state index contributed by atoms with van der Waals surface area (Å²) < 4.78 is 32.9. The number of ether oxygens (including phenoxy) is 1. The van der Waals surface area contributed by atoms with Crippen molar-refractivity contribution in [1.29, 1.82) is 0 Å². The second-order valence-electron chi connectivity index (χ2n) is 6.14. The lowest BCUT2D eigenvalue weighted by molar-refractivity contribution is 0.0634. The maximum absolute atomic E-state index is 13.7. The number of hydrogen-bond acceptors (Lipinski definition) is 5. The quantitative estimate of drug-likeness (QED) is 0.767. The highest BCUT2D eigenvalue weighted by molar-refractivity contribution is 9.10. The first-order valence-corrected chi connectivity index (χ1v) is 9.16. The van der Waals surface area contributed by atoms with Crippen molar-refractivity contribution in [3.63, 3.8) is 0 Å². The van der Waals surface area contributed by atoms with Crippen LogP contribution >= 0.6 is 15.9 Å². The van der Waals surface area contributed by atoms with Gasteiger partial charge in [0.15, 0.2) is 17.4 Å². The van der Waals surface area contributed by atoms with Crippen LogP contribution in [0.5, 0.6) is 5.75 Å². The van der Waals surface area contributed by atoms with E-state index in [1.54, 1.807) is 6.20 Å². The molecule has 140 valence electrons. The highest BCUT2D eigenvalue weighted by Crippen LogP contribution is 2.26. The molecule has 2 aromatic rings. The van der Waals surface area contributed by atoms with Crippen molar-refractivity contribution in [2.24, 2.45) is 0 Å². The number of aliphatic hydroxyl groups is 1. The van der Waals surface area contributed by atoms with Crippen LogP contribution in [0.3, 0.4) is 0 Å². The highest BCUT2D eigenvalue weighted by atomic mass is 79.9. The topological polar surface area (TPSA) is 48.8 Å². The number of rotatable bonds is 6. The molecule has 1 atom stereocenters. The first kappa shape index (κ1) is 19.0. The molecule has 5 nitrogen and oxygen atoms in total. The summed E-state index contributed by atoms with van der Waals surface area (Å²) in [6.07, 6.45) is 0.933. The average Bonchev–Trinajstić information content (AvgIpc) is 2.62. The zero-order chi connectivity index (χ0) is 18.5. The minimum absolute atomic E-state index is 0.171. The standard InChI is InChI=1S/C18H20BrF2N3O2/c19-13-9-15(20)18(16(21)10-13)26-12-14(25)11-23-5-7-24(8-6-23)17-3-1-2-4-22-17/h1-4,9-10,14,25H,5-8,11-12H2/t14-/m1/s1. The van der Waals surface area contributed by atoms with Crippen LogP contribution < -0.4 is 9.64 Å². The Bertz CT molecular complexity index is 705. The molecule has 1 saturated heterocycles. The molecule has 8 heteroatoms. The molecular weight excluding hydrogens is 408 g/mol. The fraction of sp³-hybridized carbons (Fsp3) is 0.389. The molecule has 2 heterocycles. The Hall–Kier alpha value is -1.77. The van der Waals surface area contributed by atoms with Crippen LogP contribution in [0.25, 0.3) is 0 Å². The van der Waals surface area contributed by atoms with Gasteiger partial charge in [0.05, 0.1) is 0 Å². The van der Waals surface area contributed by atoms with Crippen LogP contribution in [0, 0.1) is 11.6 Å². The predicted molar refractivity (Wildman–Crippen MR) is 98.4 cm³/mol. The van der Waals surface area contributed by atoms with Gasteiger partial charge in [-0.25, -0.2) is 13.8 Å². The zero-order valence-electron chi connectivity index (χ0n) is 14.1. The van der Waals surface area contributed by atoms with Gasteiger partial charge in [0.2, 0.25) is 0 Å². The molecule has 0 amide bonds. The minimum Gasteiger partial charge on any atom is -0.485 e. The molecule has 1 fully saturated rings. The number of halogens is 3. The van der Waals surface area contributed by atoms with Gasteiger partial charge < -0.3 is 14.7 Å². The molecule has 0 spiro atoms. The molecule has 3 rings (SSSR count). The summed E-state index contributed by atoms with van der Waals surface area (Å²) in [5.74, 6) is -1.12. The summed E-state index contributed by atoms with van der Waals surface area (Å²) in [4.78, 5) is 8.62. The molecule has 0 radical (unpaired) electrons. The SMILES string of the molecule is O[C@@H](COc1c(F)cc(Br)cc1F)CN1CCN(c2ccccn2)CC1. The molecule has 0 bridgehead atoms. The van der Waals surface area contributed by atoms with Gasteiger partial charge in [0.25, 0.3) is 0 Å². The Labute approximate surface area is 159 Å². The number of aromatic nitrogens is 1. The van der Waals surface area contributed by atoms with Crippen LogP contribution in [-0.2, 0) is 0 Å². The Kier molecular flexibility index (Phi) is 6.39. The third kappa shape index (κ3) is 4.90. The maximum atomic E-state index is 13.7. The van der Waals surface area contributed by atoms with Crippen molar-refractivity contribution in [2.75, 3.05) is 44.2 Å². The van der Waals surface area contributed by atoms with E-state index in [-0.39, 0.29) is 6.61 Å². The van der Waals surface area contributed by atoms with E-state index < -0.39 is 23.5 Å². The van der Waals surface area contributed by atoms with E-state index in [0.717, 1.165) is 44.1 Å². The number of hydrogen-bond donors (Lipinski definition) is 1. The molecule has 1 aromatic heterocycles. The fourth-order valence-electron chi connectivity index (χ4n) is 2.90. The van der Waals surface area contributed by atoms with Gasteiger partial charge in [0.1, 0.15) is 18.5 Å². The Morgan fingerprint density at radius 2 is 1.85 bits per heavy atom. The summed E-state index contributed by atoms with van der Waals surface area (Å²) in [5.41, 5.74) is 0. The van der Waals surface area contributed by atoms with Crippen LogP contribution in [0.2, 0.25) is 0 Å². The Morgan fingerprint density at radius 1 is 1.15 bits per heavy atom. The number of pyridine rings is 1. The normalized spacial score (nSPS) is 16.5. The summed E-state index contributed by atoms with van der Waals surface area (Å²) >= 11 is 3.01. The second-order valence-corrected chi connectivity index (χ2v) is 7.05. The van der Waals surface area contributed by atoms with E-state index >= 15 is 0 Å². The van der Waals surface area contributed by atoms with Gasteiger partial charge in [-0.3, -0.25) is 4.90 Å². The molecular formula is C18H20BrF2N3O2. The molecule has 1 aliphatic rings. The summed E-state index contributed by atoms with van der Waals surface area (Å²) in [6, 6.07) is 8.06. The van der Waals surface area contributed by atoms with E-state index in [0.29, 0.717) is 11.0 Å². The van der Waals surface area contributed by atoms with E-state index in [1.807, 2.05) is 18.2 Å². The zero-order valence-corrected chi connectivity index (χ0v) is 15.7. The van der Waals surface area contributed by atoms with Gasteiger partial charge in [-0.1, -0.05) is 22.0 Å². The summed E-state index contributed by atoms with van der Waals surface area (Å²) in [5, 5.41) is 10.1. The Morgan fingerprint density at radius 3 is 2.46 bits per heavy atom. The van der Waals surface area contributed by atoms with Crippen LogP contribution in [0.4, 0.5) is 14.6 Å². The van der Waals surface area contributed by atoms with Crippen molar-refractivity contribution in [3.05, 3.63) is 52.6 Å². The summed E-state index contributed by atoms with van der Waals surface area (Å²) in [6.45, 7) is 3.37. The van der Waals surface area contributed by atoms with Gasteiger partial charge in [-0.2, -0.15) is 0 Å². The monoisotopic (exact) mass is 427 g/mol. The van der Waals surface area contributed by atoms with E-state index in [1.165, 1.54) is 0 Å². The van der Waals surface area contributed by atoms with Crippen molar-refractivity contribution in [3.8, 4) is 5.75 Å². The minimum atomic E-state index is -0.834. The fourth-order valence-corrected chi connectivity index (χ4v) is 3.30. The van der Waals surface area contributed by atoms with Crippen LogP contribution in [0.1, 0.15) is 0 Å². The number of nitrogens with zero attached hydrogens (tertiary/aromatic N) is 3.